The van der Waals surface area contributed by atoms with Crippen LogP contribution in [0.4, 0.5) is 0 Å². The van der Waals surface area contributed by atoms with E-state index in [1.165, 1.54) is 167 Å². The first-order chi connectivity index (χ1) is 21.1. The van der Waals surface area contributed by atoms with Gasteiger partial charge in [0.1, 0.15) is 0 Å². The summed E-state index contributed by atoms with van der Waals surface area (Å²) in [4.78, 5) is 18.2. The number of nitrogens with one attached hydrogen (secondary N) is 1. The molecule has 5 N–H and O–H groups in total. The van der Waals surface area contributed by atoms with E-state index < -0.39 is 0 Å². The molecular weight excluding hydrogens is 528 g/mol. The summed E-state index contributed by atoms with van der Waals surface area (Å²) in [5.74, 6) is 0.609. The number of carbonyl (C=O) groups is 1. The Morgan fingerprint density at radius 1 is 0.442 bits per heavy atom. The minimum Gasteiger partial charge on any atom is -0.343 e. The van der Waals surface area contributed by atoms with Crippen molar-refractivity contribution < 1.29 is 9.79 Å². The van der Waals surface area contributed by atoms with E-state index in [9.17, 15) is 4.79 Å². The smallest absolute Gasteiger partial charge is 0.338 e. The second-order valence-corrected chi connectivity index (χ2v) is 13.4. The third kappa shape index (κ3) is 33.5. The highest BCUT2D eigenvalue weighted by atomic mass is 16.2. The molecule has 0 aromatic rings. The van der Waals surface area contributed by atoms with E-state index in [1.54, 1.807) is 0 Å². The summed E-state index contributed by atoms with van der Waals surface area (Å²) in [7, 11) is 0. The van der Waals surface area contributed by atoms with Gasteiger partial charge < -0.3 is 4.90 Å². The standard InChI is InChI=1S/C38H78N4O/c1-3-5-7-9-11-13-15-17-19-21-23-25-27-31-35-42(37(43)33-29-30-34-41-38(39)40)36-32-28-26-24-22-20-18-16-14-12-10-8-6-4-2/h3-36H2,1-2H3,(H4,39,40,41)/p+1. The Morgan fingerprint density at radius 3 is 1.05 bits per heavy atom. The Balaban J connectivity index is 3.98. The highest BCUT2D eigenvalue weighted by Crippen LogP contribution is 2.15. The van der Waals surface area contributed by atoms with Crippen molar-refractivity contribution in [2.75, 3.05) is 19.6 Å². The van der Waals surface area contributed by atoms with Crippen molar-refractivity contribution in [3.63, 3.8) is 0 Å². The molecule has 0 aliphatic heterocycles. The van der Waals surface area contributed by atoms with Gasteiger partial charge in [0.25, 0.3) is 0 Å². The number of amides is 1. The lowest BCUT2D eigenvalue weighted by atomic mass is 10.0. The van der Waals surface area contributed by atoms with Crippen LogP contribution in [0.2, 0.25) is 0 Å². The fourth-order valence-corrected chi connectivity index (χ4v) is 6.15. The topological polar surface area (TPSA) is 86.3 Å². The van der Waals surface area contributed by atoms with Crippen LogP contribution in [0.25, 0.3) is 0 Å². The summed E-state index contributed by atoms with van der Waals surface area (Å²) >= 11 is 0. The Labute approximate surface area is 270 Å². The van der Waals surface area contributed by atoms with Crippen molar-refractivity contribution in [3.05, 3.63) is 0 Å². The number of hydrogen-bond acceptors (Lipinski definition) is 1. The molecule has 0 atom stereocenters. The molecule has 0 saturated carbocycles. The summed E-state index contributed by atoms with van der Waals surface area (Å²) in [6.07, 6.45) is 40.9. The maximum Gasteiger partial charge on any atom is 0.338 e. The average Bonchev–Trinajstić information content (AvgIpc) is 2.99. The summed E-state index contributed by atoms with van der Waals surface area (Å²) in [6.45, 7) is 7.21. The second kappa shape index (κ2) is 35.2. The van der Waals surface area contributed by atoms with E-state index in [4.69, 9.17) is 11.5 Å². The van der Waals surface area contributed by atoms with Crippen LogP contribution in [0.15, 0.2) is 0 Å². The maximum atomic E-state index is 13.0. The quantitative estimate of drug-likeness (QED) is 0.0381. The number of hydrogen-bond donors (Lipinski definition) is 3. The first-order valence-electron chi connectivity index (χ1n) is 19.5. The van der Waals surface area contributed by atoms with Gasteiger partial charge in [-0.05, 0) is 25.7 Å². The molecule has 43 heavy (non-hydrogen) atoms. The van der Waals surface area contributed by atoms with Crippen LogP contribution in [-0.2, 0) is 4.79 Å². The van der Waals surface area contributed by atoms with E-state index in [-0.39, 0.29) is 5.96 Å². The van der Waals surface area contributed by atoms with E-state index >= 15 is 0 Å². The predicted molar refractivity (Wildman–Crippen MR) is 190 cm³/mol. The van der Waals surface area contributed by atoms with E-state index in [1.807, 2.05) is 0 Å². The maximum absolute atomic E-state index is 13.0. The lowest BCUT2D eigenvalue weighted by Crippen LogP contribution is -2.78. The highest BCUT2D eigenvalue weighted by Gasteiger charge is 2.12. The van der Waals surface area contributed by atoms with Gasteiger partial charge in [-0.1, -0.05) is 181 Å². The summed E-state index contributed by atoms with van der Waals surface area (Å²) in [5, 5.41) is 0. The molecule has 0 fully saturated rings. The third-order valence-electron chi connectivity index (χ3n) is 9.06. The van der Waals surface area contributed by atoms with Crippen LogP contribution in [0, 0.1) is 0 Å². The van der Waals surface area contributed by atoms with E-state index in [2.05, 4.69) is 23.7 Å². The molecule has 0 rings (SSSR count). The monoisotopic (exact) mass is 608 g/mol. The first-order valence-corrected chi connectivity index (χ1v) is 19.5. The van der Waals surface area contributed by atoms with Crippen LogP contribution in [0.1, 0.15) is 213 Å². The molecule has 0 radical (unpaired) electrons. The summed E-state index contributed by atoms with van der Waals surface area (Å²) in [5.41, 5.74) is 11.0. The normalized spacial score (nSPS) is 11.2. The first kappa shape index (κ1) is 41.7. The third-order valence-corrected chi connectivity index (χ3v) is 9.06. The molecule has 0 aliphatic carbocycles. The molecule has 0 aliphatic rings. The molecule has 0 heterocycles. The van der Waals surface area contributed by atoms with Crippen LogP contribution in [0.3, 0.4) is 0 Å². The highest BCUT2D eigenvalue weighted by molar-refractivity contribution is 5.76. The summed E-state index contributed by atoms with van der Waals surface area (Å²) < 4.78 is 0. The van der Waals surface area contributed by atoms with E-state index in [0.29, 0.717) is 12.3 Å². The predicted octanol–water partition coefficient (Wildman–Crippen LogP) is 9.30. The number of carbonyl (C=O) groups excluding carboxylic acids is 1. The van der Waals surface area contributed by atoms with Gasteiger partial charge >= 0.3 is 5.96 Å². The molecule has 0 aromatic carbocycles. The SMILES string of the molecule is CCCCCCCCCCCCCCCCN(CCCCCCCCCCCCCCCC)C(=O)CCCC[NH+]=C(N)N. The average molecular weight is 608 g/mol. The van der Waals surface area contributed by atoms with Gasteiger partial charge in [0.2, 0.25) is 5.91 Å². The fraction of sp³-hybridized carbons (Fsp3) is 0.947. The molecule has 5 heteroatoms. The second-order valence-electron chi connectivity index (χ2n) is 13.4. The van der Waals surface area contributed by atoms with Crippen LogP contribution < -0.4 is 16.5 Å². The molecule has 0 saturated heterocycles. The van der Waals surface area contributed by atoms with Crippen molar-refractivity contribution in [2.24, 2.45) is 11.5 Å². The Hall–Kier alpha value is -1.26. The number of nitrogens with two attached hydrogens (primary N) is 2. The molecule has 0 bridgehead atoms. The Bertz CT molecular complexity index is 558. The molecule has 0 spiro atoms. The van der Waals surface area contributed by atoms with Crippen molar-refractivity contribution in [2.45, 2.75) is 213 Å². The molecule has 0 aromatic heterocycles. The van der Waals surface area contributed by atoms with Gasteiger partial charge in [-0.15, -0.1) is 0 Å². The van der Waals surface area contributed by atoms with Crippen molar-refractivity contribution in [3.8, 4) is 0 Å². The largest absolute Gasteiger partial charge is 0.343 e. The zero-order valence-electron chi connectivity index (χ0n) is 29.6. The number of unbranched alkanes of at least 4 members (excludes halogenated alkanes) is 27. The molecule has 0 unspecified atom stereocenters. The number of nitrogens with zero attached hydrogens (tertiary/aromatic N) is 1. The zero-order valence-corrected chi connectivity index (χ0v) is 29.6. The minimum absolute atomic E-state index is 0.267. The van der Waals surface area contributed by atoms with Crippen LogP contribution in [-0.4, -0.2) is 36.4 Å². The van der Waals surface area contributed by atoms with Gasteiger partial charge in [-0.25, -0.2) is 0 Å². The van der Waals surface area contributed by atoms with Gasteiger partial charge in [0.05, 0.1) is 6.54 Å². The zero-order chi connectivity index (χ0) is 31.5. The van der Waals surface area contributed by atoms with Crippen LogP contribution >= 0.6 is 0 Å². The van der Waals surface area contributed by atoms with Gasteiger partial charge in [0, 0.05) is 19.5 Å². The minimum atomic E-state index is 0.267. The summed E-state index contributed by atoms with van der Waals surface area (Å²) in [6, 6.07) is 0. The van der Waals surface area contributed by atoms with Crippen molar-refractivity contribution in [1.82, 2.24) is 4.90 Å². The molecular formula is C38H79N4O+. The Morgan fingerprint density at radius 2 is 0.744 bits per heavy atom. The van der Waals surface area contributed by atoms with E-state index in [0.717, 1.165) is 45.3 Å². The van der Waals surface area contributed by atoms with Gasteiger partial charge in [0.15, 0.2) is 0 Å². The molecule has 5 nitrogen and oxygen atoms in total. The molecule has 1 amide bonds. The number of rotatable bonds is 35. The lowest BCUT2D eigenvalue weighted by molar-refractivity contribution is -0.459. The Kier molecular flexibility index (Phi) is 34.2. The fourth-order valence-electron chi connectivity index (χ4n) is 6.15. The van der Waals surface area contributed by atoms with Crippen molar-refractivity contribution >= 4 is 11.9 Å². The molecule has 256 valence electrons. The van der Waals surface area contributed by atoms with Gasteiger partial charge in [-0.2, -0.15) is 0 Å². The van der Waals surface area contributed by atoms with Crippen molar-refractivity contribution in [1.29, 1.82) is 0 Å². The lowest BCUT2D eigenvalue weighted by Gasteiger charge is -2.23. The van der Waals surface area contributed by atoms with Crippen LogP contribution in [0.5, 0.6) is 0 Å². The number of guanidine groups is 1. The van der Waals surface area contributed by atoms with Gasteiger partial charge in [-0.3, -0.25) is 21.3 Å².